The molecule has 1 aliphatic carbocycles. The van der Waals surface area contributed by atoms with Crippen molar-refractivity contribution in [3.63, 3.8) is 0 Å². The van der Waals surface area contributed by atoms with Crippen molar-refractivity contribution in [1.82, 2.24) is 4.90 Å². The molecule has 0 spiro atoms. The maximum atomic E-state index is 12.4. The molecule has 0 saturated heterocycles. The Labute approximate surface area is 142 Å². The molecule has 2 aromatic rings. The number of ether oxygens (including phenoxy) is 1. The molecule has 4 nitrogen and oxygen atoms in total. The Morgan fingerprint density at radius 3 is 2.46 bits per heavy atom. The highest BCUT2D eigenvalue weighted by molar-refractivity contribution is 5.68. The summed E-state index contributed by atoms with van der Waals surface area (Å²) in [6.07, 6.45) is 1.90. The van der Waals surface area contributed by atoms with E-state index < -0.39 is 11.7 Å². The van der Waals surface area contributed by atoms with Crippen LogP contribution in [0.2, 0.25) is 0 Å². The lowest BCUT2D eigenvalue weighted by atomic mass is 9.88. The number of rotatable bonds is 4. The van der Waals surface area contributed by atoms with E-state index in [1.54, 1.807) is 11.9 Å². The minimum absolute atomic E-state index is 0.237. The number of benzene rings is 2. The minimum atomic E-state index is -1.01. The van der Waals surface area contributed by atoms with E-state index in [2.05, 4.69) is 0 Å². The molecule has 1 aliphatic rings. The Hall–Kier alpha value is -2.33. The lowest BCUT2D eigenvalue weighted by Gasteiger charge is -2.36. The molecule has 1 saturated carbocycles. The normalized spacial score (nSPS) is 23.0. The molecule has 126 valence electrons. The van der Waals surface area contributed by atoms with Crippen LogP contribution in [0, 0.1) is 0 Å². The van der Waals surface area contributed by atoms with Crippen molar-refractivity contribution in [2.24, 2.45) is 0 Å². The second-order valence-electron chi connectivity index (χ2n) is 6.35. The number of nitrogens with zero attached hydrogens (tertiary/aromatic N) is 1. The largest absolute Gasteiger partial charge is 0.445 e. The van der Waals surface area contributed by atoms with Crippen LogP contribution in [-0.4, -0.2) is 29.2 Å². The van der Waals surface area contributed by atoms with E-state index in [0.29, 0.717) is 6.42 Å². The van der Waals surface area contributed by atoms with Crippen LogP contribution in [0.1, 0.15) is 30.4 Å². The van der Waals surface area contributed by atoms with Gasteiger partial charge in [-0.2, -0.15) is 0 Å². The summed E-state index contributed by atoms with van der Waals surface area (Å²) < 4.78 is 5.41. The topological polar surface area (TPSA) is 49.8 Å². The van der Waals surface area contributed by atoms with Crippen LogP contribution in [-0.2, 0) is 16.9 Å². The number of aliphatic hydroxyl groups is 1. The number of hydrogen-bond acceptors (Lipinski definition) is 3. The maximum absolute atomic E-state index is 12.4. The molecule has 0 bridgehead atoms. The Morgan fingerprint density at radius 2 is 1.79 bits per heavy atom. The zero-order valence-electron chi connectivity index (χ0n) is 13.9. The van der Waals surface area contributed by atoms with Gasteiger partial charge < -0.3 is 14.7 Å². The molecule has 2 aromatic carbocycles. The summed E-state index contributed by atoms with van der Waals surface area (Å²) in [6.45, 7) is 0.237. The number of likely N-dealkylation sites (N-methyl/N-ethyl adjacent to an activating group) is 1. The molecule has 24 heavy (non-hydrogen) atoms. The van der Waals surface area contributed by atoms with Crippen LogP contribution in [0.25, 0.3) is 0 Å². The van der Waals surface area contributed by atoms with Crippen molar-refractivity contribution < 1.29 is 14.6 Å². The molecular weight excluding hydrogens is 302 g/mol. The van der Waals surface area contributed by atoms with Crippen molar-refractivity contribution in [2.75, 3.05) is 7.05 Å². The van der Waals surface area contributed by atoms with Gasteiger partial charge in [-0.25, -0.2) is 4.79 Å². The van der Waals surface area contributed by atoms with Crippen LogP contribution in [0.4, 0.5) is 4.79 Å². The Bertz CT molecular complexity index is 674. The molecule has 0 aromatic heterocycles. The van der Waals surface area contributed by atoms with Crippen molar-refractivity contribution >= 4 is 6.09 Å². The average molecular weight is 325 g/mol. The van der Waals surface area contributed by atoms with Gasteiger partial charge in [-0.1, -0.05) is 60.7 Å². The van der Waals surface area contributed by atoms with Crippen molar-refractivity contribution in [3.05, 3.63) is 71.8 Å². The third kappa shape index (κ3) is 3.29. The average Bonchev–Trinajstić information content (AvgIpc) is 3.03. The molecule has 4 heteroatoms. The lowest BCUT2D eigenvalue weighted by Crippen LogP contribution is -2.48. The molecule has 0 aliphatic heterocycles. The second kappa shape index (κ2) is 7.05. The maximum Gasteiger partial charge on any atom is 0.410 e. The van der Waals surface area contributed by atoms with E-state index in [4.69, 9.17) is 4.74 Å². The van der Waals surface area contributed by atoms with Gasteiger partial charge >= 0.3 is 6.09 Å². The molecule has 1 N–H and O–H groups in total. The third-order valence-electron chi connectivity index (χ3n) is 4.82. The molecule has 0 unspecified atom stereocenters. The molecule has 2 atom stereocenters. The van der Waals surface area contributed by atoms with E-state index >= 15 is 0 Å². The number of amides is 1. The molecular formula is C20H23NO3. The SMILES string of the molecule is CN(C(=O)OCc1ccccc1)[C@@H]1CCC[C@]1(O)c1ccccc1. The van der Waals surface area contributed by atoms with Crippen LogP contribution in [0.15, 0.2) is 60.7 Å². The third-order valence-corrected chi connectivity index (χ3v) is 4.82. The quantitative estimate of drug-likeness (QED) is 0.932. The summed E-state index contributed by atoms with van der Waals surface area (Å²) >= 11 is 0. The lowest BCUT2D eigenvalue weighted by molar-refractivity contribution is -0.0252. The van der Waals surface area contributed by atoms with Gasteiger partial charge in [0.05, 0.1) is 6.04 Å². The summed E-state index contributed by atoms with van der Waals surface area (Å²) in [5.74, 6) is 0. The summed E-state index contributed by atoms with van der Waals surface area (Å²) in [5.41, 5.74) is 0.793. The minimum Gasteiger partial charge on any atom is -0.445 e. The van der Waals surface area contributed by atoms with E-state index in [0.717, 1.165) is 24.0 Å². The first-order valence-corrected chi connectivity index (χ1v) is 8.32. The van der Waals surface area contributed by atoms with E-state index in [1.165, 1.54) is 0 Å². The Morgan fingerprint density at radius 1 is 1.17 bits per heavy atom. The van der Waals surface area contributed by atoms with Crippen molar-refractivity contribution in [2.45, 2.75) is 37.5 Å². The predicted octanol–water partition coefficient (Wildman–Crippen LogP) is 3.70. The highest BCUT2D eigenvalue weighted by Gasteiger charge is 2.46. The zero-order chi connectivity index (χ0) is 17.0. The smallest absolute Gasteiger partial charge is 0.410 e. The van der Waals surface area contributed by atoms with Gasteiger partial charge in [0, 0.05) is 7.05 Å². The van der Waals surface area contributed by atoms with E-state index in [1.807, 2.05) is 60.7 Å². The summed E-state index contributed by atoms with van der Waals surface area (Å²) in [5, 5.41) is 11.2. The van der Waals surface area contributed by atoms with Crippen LogP contribution in [0.5, 0.6) is 0 Å². The first kappa shape index (κ1) is 16.5. The van der Waals surface area contributed by atoms with Crippen molar-refractivity contribution in [3.8, 4) is 0 Å². The summed E-state index contributed by atoms with van der Waals surface area (Å²) in [7, 11) is 1.71. The molecule has 0 heterocycles. The van der Waals surface area contributed by atoms with Gasteiger partial charge in [0.25, 0.3) is 0 Å². The highest BCUT2D eigenvalue weighted by Crippen LogP contribution is 2.41. The van der Waals surface area contributed by atoms with Gasteiger partial charge in [0.2, 0.25) is 0 Å². The second-order valence-corrected chi connectivity index (χ2v) is 6.35. The van der Waals surface area contributed by atoms with Crippen molar-refractivity contribution in [1.29, 1.82) is 0 Å². The first-order valence-electron chi connectivity index (χ1n) is 8.32. The van der Waals surface area contributed by atoms with Gasteiger partial charge in [-0.3, -0.25) is 0 Å². The van der Waals surface area contributed by atoms with Gasteiger partial charge in [0.15, 0.2) is 0 Å². The van der Waals surface area contributed by atoms with Crippen LogP contribution >= 0.6 is 0 Å². The Balaban J connectivity index is 1.69. The standard InChI is InChI=1S/C20H23NO3/c1-21(19(22)24-15-16-9-4-2-5-10-16)18-13-8-14-20(18,23)17-11-6-3-7-12-17/h2-7,9-12,18,23H,8,13-15H2,1H3/t18-,20+/m1/s1. The van der Waals surface area contributed by atoms with E-state index in [-0.39, 0.29) is 12.6 Å². The summed E-state index contributed by atoms with van der Waals surface area (Å²) in [6, 6.07) is 18.9. The number of carbonyl (C=O) groups excluding carboxylic acids is 1. The molecule has 1 fully saturated rings. The van der Waals surface area contributed by atoms with Gasteiger partial charge in [-0.15, -0.1) is 0 Å². The van der Waals surface area contributed by atoms with Crippen LogP contribution in [0.3, 0.4) is 0 Å². The number of hydrogen-bond donors (Lipinski definition) is 1. The molecule has 0 radical (unpaired) electrons. The zero-order valence-corrected chi connectivity index (χ0v) is 13.9. The summed E-state index contributed by atoms with van der Waals surface area (Å²) in [4.78, 5) is 14.0. The fourth-order valence-corrected chi connectivity index (χ4v) is 3.50. The molecule has 1 amide bonds. The van der Waals surface area contributed by atoms with Crippen LogP contribution < -0.4 is 0 Å². The van der Waals surface area contributed by atoms with E-state index in [9.17, 15) is 9.90 Å². The fraction of sp³-hybridized carbons (Fsp3) is 0.350. The van der Waals surface area contributed by atoms with Gasteiger partial charge in [-0.05, 0) is 30.4 Å². The molecule has 3 rings (SSSR count). The Kier molecular flexibility index (Phi) is 4.86. The fourth-order valence-electron chi connectivity index (χ4n) is 3.50. The predicted molar refractivity (Wildman–Crippen MR) is 92.4 cm³/mol. The monoisotopic (exact) mass is 325 g/mol. The number of carbonyl (C=O) groups is 1. The first-order chi connectivity index (χ1) is 11.6. The highest BCUT2D eigenvalue weighted by atomic mass is 16.6. The van der Waals surface area contributed by atoms with Gasteiger partial charge in [0.1, 0.15) is 12.2 Å².